The van der Waals surface area contributed by atoms with Crippen molar-refractivity contribution in [3.8, 4) is 0 Å². The third-order valence-corrected chi connectivity index (χ3v) is 4.88. The highest BCUT2D eigenvalue weighted by Crippen LogP contribution is 2.22. The van der Waals surface area contributed by atoms with Crippen LogP contribution in [0.3, 0.4) is 0 Å². The zero-order valence-electron chi connectivity index (χ0n) is 16.8. The van der Waals surface area contributed by atoms with Crippen molar-refractivity contribution in [2.75, 3.05) is 0 Å². The fourth-order valence-electron chi connectivity index (χ4n) is 3.19. The number of fused-ring (bicyclic) bond motifs is 1. The molecule has 0 bridgehead atoms. The number of aryl methyl sites for hydroxylation is 2. The lowest BCUT2D eigenvalue weighted by molar-refractivity contribution is 0.192. The summed E-state index contributed by atoms with van der Waals surface area (Å²) in [4.78, 5) is 18.5. The van der Waals surface area contributed by atoms with Crippen LogP contribution in [-0.2, 0) is 13.0 Å². The number of carbonyl (C=O) groups is 1. The van der Waals surface area contributed by atoms with Crippen LogP contribution < -0.4 is 5.73 Å². The van der Waals surface area contributed by atoms with Crippen LogP contribution in [0.1, 0.15) is 33.6 Å². The maximum Gasteiger partial charge on any atom is 0.432 e. The molecule has 0 amide bonds. The number of hydrogen-bond acceptors (Lipinski definition) is 4. The largest absolute Gasteiger partial charge is 0.463 e. The average molecular weight is 391 g/mol. The van der Waals surface area contributed by atoms with Crippen molar-refractivity contribution in [1.82, 2.24) is 19.7 Å². The topological polar surface area (TPSA) is 110 Å². The molecule has 0 atom stereocenters. The van der Waals surface area contributed by atoms with Gasteiger partial charge in [0.15, 0.2) is 0 Å². The first-order valence-corrected chi connectivity index (χ1v) is 9.35. The Hall–Kier alpha value is -3.45. The van der Waals surface area contributed by atoms with E-state index in [9.17, 15) is 4.79 Å². The smallest absolute Gasteiger partial charge is 0.432 e. The van der Waals surface area contributed by atoms with Gasteiger partial charge in [0.1, 0.15) is 5.65 Å². The van der Waals surface area contributed by atoms with Crippen molar-refractivity contribution in [3.05, 3.63) is 82.4 Å². The van der Waals surface area contributed by atoms with Crippen LogP contribution in [0.15, 0.2) is 48.8 Å². The van der Waals surface area contributed by atoms with Gasteiger partial charge in [-0.25, -0.2) is 9.78 Å². The Morgan fingerprint density at radius 1 is 1.17 bits per heavy atom. The number of rotatable bonds is 3. The van der Waals surface area contributed by atoms with Gasteiger partial charge >= 0.3 is 6.09 Å². The van der Waals surface area contributed by atoms with Gasteiger partial charge in [0.25, 0.3) is 0 Å². The van der Waals surface area contributed by atoms with Crippen molar-refractivity contribution < 1.29 is 9.90 Å². The summed E-state index contributed by atoms with van der Waals surface area (Å²) >= 11 is 0. The van der Waals surface area contributed by atoms with E-state index in [2.05, 4.69) is 46.3 Å². The normalized spacial score (nSPS) is 10.6. The minimum absolute atomic E-state index is 0.636. The van der Waals surface area contributed by atoms with Gasteiger partial charge in [-0.15, -0.1) is 0 Å². The van der Waals surface area contributed by atoms with Crippen molar-refractivity contribution in [3.63, 3.8) is 0 Å². The van der Waals surface area contributed by atoms with E-state index in [4.69, 9.17) is 10.8 Å². The van der Waals surface area contributed by atoms with E-state index in [1.54, 1.807) is 13.1 Å². The fraction of sp³-hybridized carbons (Fsp3) is 0.227. The molecule has 0 aliphatic heterocycles. The maximum atomic E-state index is 11.1. The second-order valence-corrected chi connectivity index (χ2v) is 6.92. The first-order valence-electron chi connectivity index (χ1n) is 9.35. The van der Waals surface area contributed by atoms with Gasteiger partial charge < -0.3 is 15.8 Å². The monoisotopic (exact) mass is 391 g/mol. The highest BCUT2D eigenvalue weighted by molar-refractivity contribution is 5.80. The molecule has 0 aliphatic rings. The standard InChI is InChI=1S/C14H14N4O2.C8H11N/c1-8-12(9(2)18(17-8)14(19)20)6-10-7-16-13-11(10)4-3-5-15-13;1-7-2-4-8(6-9)5-3-7/h3-5,7H,6H2,1-2H3,(H,15,16)(H,19,20);2-5H,6,9H2,1H3. The minimum atomic E-state index is -1.06. The molecule has 0 spiro atoms. The minimum Gasteiger partial charge on any atom is -0.463 e. The van der Waals surface area contributed by atoms with Gasteiger partial charge in [-0.1, -0.05) is 29.8 Å². The molecular formula is C22H25N5O2. The quantitative estimate of drug-likeness (QED) is 0.490. The number of H-pyrrole nitrogens is 1. The summed E-state index contributed by atoms with van der Waals surface area (Å²) in [5.74, 6) is 0. The molecule has 0 fully saturated rings. The van der Waals surface area contributed by atoms with E-state index in [1.165, 1.54) is 11.1 Å². The Balaban J connectivity index is 0.000000224. The lowest BCUT2D eigenvalue weighted by Crippen LogP contribution is -2.11. The molecule has 3 heterocycles. The number of hydrogen-bond donors (Lipinski definition) is 3. The highest BCUT2D eigenvalue weighted by Gasteiger charge is 2.17. The molecule has 0 unspecified atom stereocenters. The van der Waals surface area contributed by atoms with Crippen molar-refractivity contribution in [2.24, 2.45) is 5.73 Å². The van der Waals surface area contributed by atoms with Gasteiger partial charge in [-0.05, 0) is 44.0 Å². The Morgan fingerprint density at radius 2 is 1.90 bits per heavy atom. The van der Waals surface area contributed by atoms with Crippen LogP contribution in [0, 0.1) is 20.8 Å². The summed E-state index contributed by atoms with van der Waals surface area (Å²) in [6, 6.07) is 12.1. The zero-order chi connectivity index (χ0) is 21.0. The number of nitrogens with zero attached hydrogens (tertiary/aromatic N) is 3. The molecule has 29 heavy (non-hydrogen) atoms. The van der Waals surface area contributed by atoms with Crippen molar-refractivity contribution in [2.45, 2.75) is 33.7 Å². The van der Waals surface area contributed by atoms with E-state index < -0.39 is 6.09 Å². The lowest BCUT2D eigenvalue weighted by atomic mass is 10.0. The average Bonchev–Trinajstić information content (AvgIpc) is 3.25. The Kier molecular flexibility index (Phi) is 6.09. The van der Waals surface area contributed by atoms with Gasteiger partial charge in [-0.3, -0.25) is 0 Å². The molecule has 0 aliphatic carbocycles. The summed E-state index contributed by atoms with van der Waals surface area (Å²) in [6.45, 7) is 6.31. The third kappa shape index (κ3) is 4.52. The molecule has 3 aromatic heterocycles. The number of nitrogens with two attached hydrogens (primary N) is 1. The van der Waals surface area contributed by atoms with E-state index in [1.807, 2.05) is 25.3 Å². The predicted molar refractivity (Wildman–Crippen MR) is 113 cm³/mol. The molecule has 7 heteroatoms. The number of benzene rings is 1. The summed E-state index contributed by atoms with van der Waals surface area (Å²) in [7, 11) is 0. The zero-order valence-corrected chi connectivity index (χ0v) is 16.8. The first-order chi connectivity index (χ1) is 13.9. The molecule has 1 aromatic carbocycles. The number of carboxylic acid groups (broad SMARTS) is 1. The van der Waals surface area contributed by atoms with Crippen molar-refractivity contribution in [1.29, 1.82) is 0 Å². The predicted octanol–water partition coefficient (Wildman–Crippen LogP) is 3.95. The maximum absolute atomic E-state index is 11.1. The molecular weight excluding hydrogens is 366 g/mol. The van der Waals surface area contributed by atoms with E-state index >= 15 is 0 Å². The number of aromatic amines is 1. The second kappa shape index (κ2) is 8.70. The van der Waals surface area contributed by atoms with Crippen LogP contribution in [-0.4, -0.2) is 30.9 Å². The van der Waals surface area contributed by atoms with Crippen LogP contribution in [0.4, 0.5) is 4.79 Å². The SMILES string of the molecule is Cc1ccc(CN)cc1.Cc1nn(C(=O)O)c(C)c1Cc1c[nH]c2ncccc12. The summed E-state index contributed by atoms with van der Waals surface area (Å²) in [5.41, 5.74) is 12.1. The van der Waals surface area contributed by atoms with Gasteiger partial charge in [0.2, 0.25) is 0 Å². The molecule has 0 saturated heterocycles. The molecule has 4 rings (SSSR count). The number of nitrogens with one attached hydrogen (secondary N) is 1. The van der Waals surface area contributed by atoms with Gasteiger partial charge in [-0.2, -0.15) is 9.78 Å². The van der Waals surface area contributed by atoms with Gasteiger partial charge in [0, 0.05) is 36.3 Å². The molecule has 150 valence electrons. The van der Waals surface area contributed by atoms with Crippen molar-refractivity contribution >= 4 is 17.1 Å². The van der Waals surface area contributed by atoms with Crippen LogP contribution in [0.5, 0.6) is 0 Å². The Labute approximate surface area is 169 Å². The Bertz CT molecular complexity index is 1130. The van der Waals surface area contributed by atoms with E-state index in [0.29, 0.717) is 18.7 Å². The summed E-state index contributed by atoms with van der Waals surface area (Å²) < 4.78 is 1.03. The molecule has 4 N–H and O–H groups in total. The van der Waals surface area contributed by atoms with Crippen LogP contribution in [0.2, 0.25) is 0 Å². The van der Waals surface area contributed by atoms with Crippen LogP contribution >= 0.6 is 0 Å². The van der Waals surface area contributed by atoms with Crippen LogP contribution in [0.25, 0.3) is 11.0 Å². The molecule has 7 nitrogen and oxygen atoms in total. The first kappa shape index (κ1) is 20.3. The fourth-order valence-corrected chi connectivity index (χ4v) is 3.19. The van der Waals surface area contributed by atoms with E-state index in [0.717, 1.165) is 32.5 Å². The number of pyridine rings is 1. The third-order valence-electron chi connectivity index (χ3n) is 4.88. The summed E-state index contributed by atoms with van der Waals surface area (Å²) in [6.07, 6.45) is 3.23. The van der Waals surface area contributed by atoms with E-state index in [-0.39, 0.29) is 0 Å². The number of aromatic nitrogens is 4. The lowest BCUT2D eigenvalue weighted by Gasteiger charge is -2.01. The highest BCUT2D eigenvalue weighted by atomic mass is 16.4. The summed E-state index contributed by atoms with van der Waals surface area (Å²) in [5, 5.41) is 14.2. The molecule has 0 radical (unpaired) electrons. The Morgan fingerprint density at radius 3 is 2.52 bits per heavy atom. The molecule has 4 aromatic rings. The second-order valence-electron chi connectivity index (χ2n) is 6.92. The molecule has 0 saturated carbocycles. The van der Waals surface area contributed by atoms with Gasteiger partial charge in [0.05, 0.1) is 11.4 Å².